The van der Waals surface area contributed by atoms with Crippen molar-refractivity contribution in [1.82, 2.24) is 10.2 Å². The van der Waals surface area contributed by atoms with Gasteiger partial charge in [0.05, 0.1) is 6.42 Å². The molecule has 2 fully saturated rings. The average Bonchev–Trinajstić information content (AvgIpc) is 2.66. The molecule has 1 N–H and O–H groups in total. The largest absolute Gasteiger partial charge is 0.464 e. The highest BCUT2D eigenvalue weighted by atomic mass is 16.5. The summed E-state index contributed by atoms with van der Waals surface area (Å²) >= 11 is 0. The van der Waals surface area contributed by atoms with E-state index in [1.807, 2.05) is 0 Å². The fourth-order valence-corrected chi connectivity index (χ4v) is 2.29. The summed E-state index contributed by atoms with van der Waals surface area (Å²) < 4.78 is 5.01. The van der Waals surface area contributed by atoms with Crippen LogP contribution >= 0.6 is 0 Å². The zero-order valence-electron chi connectivity index (χ0n) is 9.21. The first-order valence-corrected chi connectivity index (χ1v) is 5.96. The van der Waals surface area contributed by atoms with Crippen LogP contribution in [0, 0.1) is 0 Å². The number of esters is 1. The van der Waals surface area contributed by atoms with Crippen molar-refractivity contribution in [3.8, 4) is 0 Å². The maximum Gasteiger partial charge on any atom is 0.307 e. The van der Waals surface area contributed by atoms with Crippen molar-refractivity contribution in [2.45, 2.75) is 31.7 Å². The Morgan fingerprint density at radius 3 is 3.20 bits per heavy atom. The molecule has 4 nitrogen and oxygen atoms in total. The van der Waals surface area contributed by atoms with Gasteiger partial charge in [-0.3, -0.25) is 9.69 Å². The second kappa shape index (κ2) is 5.47. The molecule has 1 unspecified atom stereocenters. The summed E-state index contributed by atoms with van der Waals surface area (Å²) in [5.41, 5.74) is 0. The minimum Gasteiger partial charge on any atom is -0.464 e. The van der Waals surface area contributed by atoms with Gasteiger partial charge in [0.15, 0.2) is 0 Å². The Hall–Kier alpha value is -0.610. The van der Waals surface area contributed by atoms with Crippen LogP contribution in [0.3, 0.4) is 0 Å². The molecule has 4 heteroatoms. The number of hydrogen-bond acceptors (Lipinski definition) is 4. The molecule has 0 spiro atoms. The average molecular weight is 212 g/mol. The second-order valence-electron chi connectivity index (χ2n) is 4.39. The molecule has 0 aromatic heterocycles. The number of rotatable bonds is 3. The van der Waals surface area contributed by atoms with Crippen molar-refractivity contribution in [1.29, 1.82) is 0 Å². The summed E-state index contributed by atoms with van der Waals surface area (Å²) in [5, 5.41) is 3.50. The molecule has 2 heterocycles. The summed E-state index contributed by atoms with van der Waals surface area (Å²) in [5.74, 6) is -0.0449. The summed E-state index contributed by atoms with van der Waals surface area (Å²) in [6, 6.07) is 0.699. The summed E-state index contributed by atoms with van der Waals surface area (Å²) in [7, 11) is 0. The molecule has 0 aliphatic carbocycles. The normalized spacial score (nSPS) is 28.8. The highest BCUT2D eigenvalue weighted by molar-refractivity contribution is 5.69. The molecule has 2 aliphatic heterocycles. The van der Waals surface area contributed by atoms with E-state index in [1.165, 1.54) is 25.8 Å². The van der Waals surface area contributed by atoms with Crippen molar-refractivity contribution in [3.05, 3.63) is 0 Å². The molecular formula is C11H20N2O2. The minimum absolute atomic E-state index is 0.0449. The number of ether oxygens (including phenoxy) is 1. The second-order valence-corrected chi connectivity index (χ2v) is 4.39. The lowest BCUT2D eigenvalue weighted by Crippen LogP contribution is -2.32. The number of nitrogens with zero attached hydrogens (tertiary/aromatic N) is 1. The number of cyclic esters (lactones) is 1. The smallest absolute Gasteiger partial charge is 0.307 e. The molecule has 2 aliphatic rings. The third kappa shape index (κ3) is 3.47. The minimum atomic E-state index is -0.0449. The molecule has 0 radical (unpaired) electrons. The topological polar surface area (TPSA) is 41.6 Å². The van der Waals surface area contributed by atoms with Gasteiger partial charge in [-0.25, -0.2) is 0 Å². The van der Waals surface area contributed by atoms with Crippen molar-refractivity contribution in [2.24, 2.45) is 0 Å². The highest BCUT2D eigenvalue weighted by Crippen LogP contribution is 2.10. The van der Waals surface area contributed by atoms with Crippen LogP contribution in [0.5, 0.6) is 0 Å². The van der Waals surface area contributed by atoms with Crippen LogP contribution in [0.1, 0.15) is 25.7 Å². The number of nitrogens with one attached hydrogen (secondary N) is 1. The quantitative estimate of drug-likeness (QED) is 0.687. The van der Waals surface area contributed by atoms with E-state index in [9.17, 15) is 4.79 Å². The van der Waals surface area contributed by atoms with E-state index >= 15 is 0 Å². The lowest BCUT2D eigenvalue weighted by atomic mass is 10.1. The lowest BCUT2D eigenvalue weighted by molar-refractivity contribution is -0.142. The third-order valence-electron chi connectivity index (χ3n) is 3.26. The van der Waals surface area contributed by atoms with Crippen LogP contribution in [0.15, 0.2) is 0 Å². The van der Waals surface area contributed by atoms with E-state index in [1.54, 1.807) is 0 Å². The molecule has 0 saturated carbocycles. The van der Waals surface area contributed by atoms with E-state index in [-0.39, 0.29) is 5.97 Å². The van der Waals surface area contributed by atoms with Gasteiger partial charge in [-0.2, -0.15) is 0 Å². The van der Waals surface area contributed by atoms with Crippen LogP contribution in [0.2, 0.25) is 0 Å². The molecule has 0 bridgehead atoms. The summed E-state index contributed by atoms with van der Waals surface area (Å²) in [6.45, 7) is 4.60. The maximum atomic E-state index is 11.0. The van der Waals surface area contributed by atoms with Gasteiger partial charge in [-0.15, -0.1) is 0 Å². The number of carbonyl (C=O) groups excluding carboxylic acids is 1. The predicted molar refractivity (Wildman–Crippen MR) is 57.7 cm³/mol. The molecule has 0 aromatic carbocycles. The SMILES string of the molecule is O=C1CCN(CCC2CCCN2)CCO1. The fourth-order valence-electron chi connectivity index (χ4n) is 2.29. The van der Waals surface area contributed by atoms with Crippen molar-refractivity contribution in [2.75, 3.05) is 32.8 Å². The van der Waals surface area contributed by atoms with Gasteiger partial charge < -0.3 is 10.1 Å². The first-order valence-electron chi connectivity index (χ1n) is 5.96. The Morgan fingerprint density at radius 1 is 1.47 bits per heavy atom. The van der Waals surface area contributed by atoms with Crippen LogP contribution in [-0.2, 0) is 9.53 Å². The van der Waals surface area contributed by atoms with Crippen molar-refractivity contribution in [3.63, 3.8) is 0 Å². The molecule has 0 aromatic rings. The third-order valence-corrected chi connectivity index (χ3v) is 3.26. The van der Waals surface area contributed by atoms with E-state index in [2.05, 4.69) is 10.2 Å². The van der Waals surface area contributed by atoms with Gasteiger partial charge in [-0.05, 0) is 32.4 Å². The Kier molecular flexibility index (Phi) is 3.97. The van der Waals surface area contributed by atoms with Crippen LogP contribution in [-0.4, -0.2) is 49.7 Å². The molecule has 2 saturated heterocycles. The van der Waals surface area contributed by atoms with Crippen LogP contribution in [0.4, 0.5) is 0 Å². The van der Waals surface area contributed by atoms with Gasteiger partial charge in [-0.1, -0.05) is 0 Å². The van der Waals surface area contributed by atoms with E-state index < -0.39 is 0 Å². The fraction of sp³-hybridized carbons (Fsp3) is 0.909. The van der Waals surface area contributed by atoms with E-state index in [0.717, 1.165) is 19.6 Å². The molecule has 1 atom stereocenters. The number of carbonyl (C=O) groups is 1. The maximum absolute atomic E-state index is 11.0. The lowest BCUT2D eigenvalue weighted by Gasteiger charge is -2.20. The summed E-state index contributed by atoms with van der Waals surface area (Å²) in [4.78, 5) is 13.4. The van der Waals surface area contributed by atoms with Gasteiger partial charge in [0.1, 0.15) is 6.61 Å². The van der Waals surface area contributed by atoms with E-state index in [0.29, 0.717) is 19.1 Å². The Morgan fingerprint density at radius 2 is 2.40 bits per heavy atom. The summed E-state index contributed by atoms with van der Waals surface area (Å²) in [6.07, 6.45) is 4.38. The first-order chi connectivity index (χ1) is 7.34. The van der Waals surface area contributed by atoms with Crippen molar-refractivity contribution >= 4 is 5.97 Å². The molecular weight excluding hydrogens is 192 g/mol. The Labute approximate surface area is 91.0 Å². The zero-order valence-corrected chi connectivity index (χ0v) is 9.21. The standard InChI is InChI=1S/C11H20N2O2/c14-11-4-7-13(8-9-15-11)6-3-10-2-1-5-12-10/h10,12H,1-9H2. The Bertz CT molecular complexity index is 215. The molecule has 86 valence electrons. The van der Waals surface area contributed by atoms with Gasteiger partial charge in [0, 0.05) is 19.1 Å². The highest BCUT2D eigenvalue weighted by Gasteiger charge is 2.18. The van der Waals surface area contributed by atoms with Gasteiger partial charge in [0.2, 0.25) is 0 Å². The van der Waals surface area contributed by atoms with Crippen LogP contribution in [0.25, 0.3) is 0 Å². The van der Waals surface area contributed by atoms with E-state index in [4.69, 9.17) is 4.74 Å². The monoisotopic (exact) mass is 212 g/mol. The molecule has 15 heavy (non-hydrogen) atoms. The van der Waals surface area contributed by atoms with Crippen molar-refractivity contribution < 1.29 is 9.53 Å². The predicted octanol–water partition coefficient (Wildman–Crippen LogP) is 0.377. The van der Waals surface area contributed by atoms with Gasteiger partial charge >= 0.3 is 5.97 Å². The molecule has 0 amide bonds. The van der Waals surface area contributed by atoms with Gasteiger partial charge in [0.25, 0.3) is 0 Å². The zero-order chi connectivity index (χ0) is 10.5. The Balaban J connectivity index is 1.67. The van der Waals surface area contributed by atoms with Crippen LogP contribution < -0.4 is 5.32 Å². The first kappa shape index (κ1) is 10.9. The number of hydrogen-bond donors (Lipinski definition) is 1. The molecule has 2 rings (SSSR count).